The van der Waals surface area contributed by atoms with Crippen LogP contribution in [-0.2, 0) is 4.79 Å². The molecule has 0 aromatic heterocycles. The van der Waals surface area contributed by atoms with Crippen LogP contribution < -0.4 is 11.1 Å². The lowest BCUT2D eigenvalue weighted by Gasteiger charge is -2.21. The monoisotopic (exact) mass is 280 g/mol. The van der Waals surface area contributed by atoms with Crippen molar-refractivity contribution in [3.05, 3.63) is 34.9 Å². The van der Waals surface area contributed by atoms with Crippen molar-refractivity contribution in [3.63, 3.8) is 0 Å². The summed E-state index contributed by atoms with van der Waals surface area (Å²) >= 11 is 6.15. The molecule has 0 bridgehead atoms. The van der Waals surface area contributed by atoms with E-state index in [0.717, 1.165) is 24.8 Å². The predicted octanol–water partition coefficient (Wildman–Crippen LogP) is 2.89. The number of rotatable bonds is 4. The smallest absolute Gasteiger partial charge is 0.223 e. The molecule has 1 aromatic rings. The summed E-state index contributed by atoms with van der Waals surface area (Å²) in [6.45, 7) is 2.56. The van der Waals surface area contributed by atoms with Gasteiger partial charge in [0.05, 0.1) is 6.04 Å². The number of carbonyl (C=O) groups is 1. The van der Waals surface area contributed by atoms with Crippen LogP contribution in [-0.4, -0.2) is 12.5 Å². The van der Waals surface area contributed by atoms with Gasteiger partial charge in [-0.15, -0.1) is 0 Å². The maximum absolute atomic E-state index is 12.3. The Labute approximate surface area is 119 Å². The third-order valence-corrected chi connectivity index (χ3v) is 4.37. The van der Waals surface area contributed by atoms with Crippen molar-refractivity contribution in [1.82, 2.24) is 5.32 Å². The Morgan fingerprint density at radius 1 is 1.47 bits per heavy atom. The average Bonchev–Trinajstić information content (AvgIpc) is 2.87. The lowest BCUT2D eigenvalue weighted by atomic mass is 9.94. The summed E-state index contributed by atoms with van der Waals surface area (Å²) in [6.07, 6.45) is 3.11. The minimum atomic E-state index is -0.0692. The zero-order chi connectivity index (χ0) is 13.8. The summed E-state index contributed by atoms with van der Waals surface area (Å²) in [4.78, 5) is 12.3. The number of nitrogens with two attached hydrogens (primary N) is 1. The third kappa shape index (κ3) is 3.28. The fourth-order valence-electron chi connectivity index (χ4n) is 2.89. The van der Waals surface area contributed by atoms with Crippen molar-refractivity contribution in [2.24, 2.45) is 17.6 Å². The number of benzene rings is 1. The summed E-state index contributed by atoms with van der Waals surface area (Å²) in [6, 6.07) is 7.55. The van der Waals surface area contributed by atoms with E-state index < -0.39 is 0 Å². The number of halogens is 1. The summed E-state index contributed by atoms with van der Waals surface area (Å²) in [5, 5.41) is 3.76. The highest BCUT2D eigenvalue weighted by Gasteiger charge is 2.32. The van der Waals surface area contributed by atoms with E-state index in [-0.39, 0.29) is 17.9 Å². The molecule has 0 heterocycles. The van der Waals surface area contributed by atoms with Crippen LogP contribution in [0, 0.1) is 11.8 Å². The zero-order valence-corrected chi connectivity index (χ0v) is 12.0. The average molecular weight is 281 g/mol. The highest BCUT2D eigenvalue weighted by atomic mass is 35.5. The van der Waals surface area contributed by atoms with Crippen LogP contribution in [0.5, 0.6) is 0 Å². The van der Waals surface area contributed by atoms with Crippen LogP contribution in [0.4, 0.5) is 0 Å². The van der Waals surface area contributed by atoms with E-state index in [4.69, 9.17) is 17.3 Å². The van der Waals surface area contributed by atoms with Gasteiger partial charge in [-0.05, 0) is 43.9 Å². The Hall–Kier alpha value is -1.06. The largest absolute Gasteiger partial charge is 0.349 e. The van der Waals surface area contributed by atoms with Crippen LogP contribution >= 0.6 is 11.6 Å². The molecule has 4 heteroatoms. The summed E-state index contributed by atoms with van der Waals surface area (Å²) in [5.74, 6) is 0.508. The first-order valence-electron chi connectivity index (χ1n) is 6.88. The molecule has 1 aliphatic rings. The van der Waals surface area contributed by atoms with Gasteiger partial charge in [0.2, 0.25) is 5.91 Å². The highest BCUT2D eigenvalue weighted by molar-refractivity contribution is 6.31. The number of hydrogen-bond donors (Lipinski definition) is 2. The van der Waals surface area contributed by atoms with Gasteiger partial charge in [0.25, 0.3) is 0 Å². The Kier molecular flexibility index (Phi) is 4.83. The van der Waals surface area contributed by atoms with Crippen LogP contribution in [0.15, 0.2) is 24.3 Å². The molecule has 3 nitrogen and oxygen atoms in total. The summed E-state index contributed by atoms with van der Waals surface area (Å²) in [5.41, 5.74) is 6.69. The van der Waals surface area contributed by atoms with Gasteiger partial charge in [-0.2, -0.15) is 0 Å². The van der Waals surface area contributed by atoms with Gasteiger partial charge in [0.15, 0.2) is 0 Å². The van der Waals surface area contributed by atoms with E-state index in [9.17, 15) is 4.79 Å². The zero-order valence-electron chi connectivity index (χ0n) is 11.2. The molecule has 104 valence electrons. The fraction of sp³-hybridized carbons (Fsp3) is 0.533. The summed E-state index contributed by atoms with van der Waals surface area (Å²) < 4.78 is 0. The predicted molar refractivity (Wildman–Crippen MR) is 77.9 cm³/mol. The molecule has 0 spiro atoms. The Morgan fingerprint density at radius 3 is 2.89 bits per heavy atom. The molecule has 19 heavy (non-hydrogen) atoms. The molecule has 0 saturated heterocycles. The van der Waals surface area contributed by atoms with Crippen molar-refractivity contribution in [3.8, 4) is 0 Å². The minimum absolute atomic E-state index is 0.0648. The quantitative estimate of drug-likeness (QED) is 0.891. The number of nitrogens with one attached hydrogen (secondary N) is 1. The van der Waals surface area contributed by atoms with Crippen molar-refractivity contribution in [2.75, 3.05) is 6.54 Å². The van der Waals surface area contributed by atoms with Crippen molar-refractivity contribution < 1.29 is 4.79 Å². The lowest BCUT2D eigenvalue weighted by molar-refractivity contribution is -0.126. The fourth-order valence-corrected chi connectivity index (χ4v) is 3.19. The summed E-state index contributed by atoms with van der Waals surface area (Å²) in [7, 11) is 0. The number of carbonyl (C=O) groups excluding carboxylic acids is 1. The van der Waals surface area contributed by atoms with Gasteiger partial charge in [-0.3, -0.25) is 4.79 Å². The minimum Gasteiger partial charge on any atom is -0.349 e. The molecular formula is C15H21ClN2O. The maximum atomic E-state index is 12.3. The highest BCUT2D eigenvalue weighted by Crippen LogP contribution is 2.32. The van der Waals surface area contributed by atoms with Gasteiger partial charge in [-0.1, -0.05) is 36.2 Å². The number of hydrogen-bond acceptors (Lipinski definition) is 2. The Bertz CT molecular complexity index is 450. The first-order chi connectivity index (χ1) is 9.13. The van der Waals surface area contributed by atoms with Crippen molar-refractivity contribution in [2.45, 2.75) is 32.2 Å². The molecule has 3 N–H and O–H groups in total. The van der Waals surface area contributed by atoms with Crippen LogP contribution in [0.25, 0.3) is 0 Å². The second-order valence-corrected chi connectivity index (χ2v) is 5.69. The van der Waals surface area contributed by atoms with E-state index in [1.54, 1.807) is 0 Å². The third-order valence-electron chi connectivity index (χ3n) is 4.03. The molecule has 2 rings (SSSR count). The second-order valence-electron chi connectivity index (χ2n) is 5.28. The van der Waals surface area contributed by atoms with E-state index in [2.05, 4.69) is 5.32 Å². The van der Waals surface area contributed by atoms with Gasteiger partial charge in [-0.25, -0.2) is 0 Å². The first kappa shape index (κ1) is 14.4. The second kappa shape index (κ2) is 6.40. The molecule has 1 aromatic carbocycles. The molecule has 1 fully saturated rings. The molecule has 0 aliphatic heterocycles. The van der Waals surface area contributed by atoms with E-state index in [0.29, 0.717) is 17.5 Å². The molecule has 0 radical (unpaired) electrons. The number of amides is 1. The van der Waals surface area contributed by atoms with Crippen LogP contribution in [0.3, 0.4) is 0 Å². The topological polar surface area (TPSA) is 55.1 Å². The van der Waals surface area contributed by atoms with E-state index in [1.807, 2.05) is 31.2 Å². The molecule has 1 saturated carbocycles. The Morgan fingerprint density at radius 2 is 2.21 bits per heavy atom. The van der Waals surface area contributed by atoms with Gasteiger partial charge in [0, 0.05) is 10.9 Å². The Balaban J connectivity index is 2.01. The van der Waals surface area contributed by atoms with Crippen LogP contribution in [0.1, 0.15) is 37.8 Å². The van der Waals surface area contributed by atoms with Crippen molar-refractivity contribution >= 4 is 17.5 Å². The maximum Gasteiger partial charge on any atom is 0.223 e. The molecule has 2 unspecified atom stereocenters. The molecule has 3 atom stereocenters. The molecule has 1 amide bonds. The van der Waals surface area contributed by atoms with E-state index >= 15 is 0 Å². The van der Waals surface area contributed by atoms with Gasteiger partial charge in [0.1, 0.15) is 0 Å². The molecular weight excluding hydrogens is 260 g/mol. The van der Waals surface area contributed by atoms with Crippen molar-refractivity contribution in [1.29, 1.82) is 0 Å². The lowest BCUT2D eigenvalue weighted by Crippen LogP contribution is -2.36. The SMILES string of the molecule is C[C@@H](NC(=O)C1CCCC1CN)c1ccccc1Cl. The first-order valence-corrected chi connectivity index (χ1v) is 7.26. The van der Waals surface area contributed by atoms with E-state index in [1.165, 1.54) is 0 Å². The van der Waals surface area contributed by atoms with Gasteiger partial charge < -0.3 is 11.1 Å². The molecule has 1 aliphatic carbocycles. The standard InChI is InChI=1S/C15H21ClN2O/c1-10(12-6-2-3-8-14(12)16)18-15(19)13-7-4-5-11(13)9-17/h2-3,6,8,10-11,13H,4-5,7,9,17H2,1H3,(H,18,19)/t10-,11?,13?/m1/s1. The van der Waals surface area contributed by atoms with Gasteiger partial charge >= 0.3 is 0 Å². The van der Waals surface area contributed by atoms with Crippen LogP contribution in [0.2, 0.25) is 5.02 Å². The normalized spacial score (nSPS) is 24.2.